The van der Waals surface area contributed by atoms with E-state index in [1.165, 1.54) is 0 Å². The van der Waals surface area contributed by atoms with Gasteiger partial charge in [0.05, 0.1) is 0 Å². The van der Waals surface area contributed by atoms with E-state index in [1.807, 2.05) is 0 Å². The van der Waals surface area contributed by atoms with Crippen molar-refractivity contribution in [2.75, 3.05) is 6.54 Å². The minimum atomic E-state index is -3.58. The zero-order chi connectivity index (χ0) is 9.94. The van der Waals surface area contributed by atoms with Crippen LogP contribution in [-0.2, 0) is 27.4 Å². The molecule has 0 amide bonds. The molecule has 0 bridgehead atoms. The molecule has 68 valence electrons. The summed E-state index contributed by atoms with van der Waals surface area (Å²) in [6.07, 6.45) is 0. The van der Waals surface area contributed by atoms with Gasteiger partial charge in [-0.2, -0.15) is 27.4 Å². The lowest BCUT2D eigenvalue weighted by Gasteiger charge is -2.05. The fourth-order valence-corrected chi connectivity index (χ4v) is 2.65. The molecule has 10 heteroatoms. The summed E-state index contributed by atoms with van der Waals surface area (Å²) in [7, 11) is -10.7. The van der Waals surface area contributed by atoms with E-state index in [9.17, 15) is 27.4 Å². The smallest absolute Gasteiger partial charge is 0.175 e. The third-order valence-corrected chi connectivity index (χ3v) is 6.26. The van der Waals surface area contributed by atoms with Gasteiger partial charge in [0.15, 0.2) is 0 Å². The molecule has 0 radical (unpaired) electrons. The molecule has 12 heavy (non-hydrogen) atoms. The van der Waals surface area contributed by atoms with Gasteiger partial charge in [0.2, 0.25) is 0 Å². The van der Waals surface area contributed by atoms with Crippen LogP contribution in [0.25, 0.3) is 0 Å². The van der Waals surface area contributed by atoms with Gasteiger partial charge in [-0.25, -0.2) is 0 Å². The molecule has 0 aromatic rings. The van der Waals surface area contributed by atoms with Gasteiger partial charge < -0.3 is 0 Å². The summed E-state index contributed by atoms with van der Waals surface area (Å²) >= 11 is 0. The van der Waals surface area contributed by atoms with E-state index in [0.717, 1.165) is 6.92 Å². The monoisotopic (exact) mass is 232 g/mol. The number of hydrogen-bond donors (Lipinski definition) is 0. The Hall–Kier alpha value is -0.340. The number of nitrogens with zero attached hydrogens (tertiary/aromatic N) is 1. The molecule has 0 aliphatic carbocycles. The third kappa shape index (κ3) is 1.70. The molecule has 0 spiro atoms. The highest BCUT2D eigenvalue weighted by Crippen LogP contribution is 2.50. The molecule has 0 saturated carbocycles. The first-order valence-corrected chi connectivity index (χ1v) is 6.11. The number of hydrogen-bond acceptors (Lipinski definition) is 6. The van der Waals surface area contributed by atoms with Crippen molar-refractivity contribution in [3.63, 3.8) is 0 Å². The van der Waals surface area contributed by atoms with Crippen LogP contribution < -0.4 is 0 Å². The minimum absolute atomic E-state index is 0.546. The molecule has 0 aliphatic rings. The van der Waals surface area contributed by atoms with Gasteiger partial charge >= 0.3 is 23.5 Å². The van der Waals surface area contributed by atoms with Crippen LogP contribution in [0.3, 0.4) is 0 Å². The van der Waals surface area contributed by atoms with Gasteiger partial charge in [-0.3, -0.25) is 0 Å². The zero-order valence-electron chi connectivity index (χ0n) is 5.95. The van der Waals surface area contributed by atoms with E-state index in [1.54, 1.807) is 0 Å². The van der Waals surface area contributed by atoms with Crippen molar-refractivity contribution in [2.45, 2.75) is 6.92 Å². The fourth-order valence-electron chi connectivity index (χ4n) is 0.525. The predicted molar refractivity (Wildman–Crippen MR) is 35.7 cm³/mol. The Morgan fingerprint density at radius 2 is 1.08 bits per heavy atom. The zero-order valence-corrected chi connectivity index (χ0v) is 8.63. The van der Waals surface area contributed by atoms with Gasteiger partial charge in [0.25, 0.3) is 0 Å². The number of rotatable bonds is 4. The molecular formula is C2H5NO6P3+. The highest BCUT2D eigenvalue weighted by Gasteiger charge is 2.47. The lowest BCUT2D eigenvalue weighted by Crippen LogP contribution is -2.17. The first-order valence-electron chi connectivity index (χ1n) is 2.72. The summed E-state index contributed by atoms with van der Waals surface area (Å²) in [5.41, 5.74) is 0. The normalized spacial score (nSPS) is 10.8. The van der Waals surface area contributed by atoms with Gasteiger partial charge in [0.1, 0.15) is 6.54 Å². The summed E-state index contributed by atoms with van der Waals surface area (Å²) in [5, 5.41) is 0. The summed E-state index contributed by atoms with van der Waals surface area (Å²) in [5.74, 6) is 0. The van der Waals surface area contributed by atoms with Crippen LogP contribution >= 0.6 is 23.5 Å². The molecule has 0 saturated heterocycles. The van der Waals surface area contributed by atoms with E-state index in [2.05, 4.69) is 0 Å². The van der Waals surface area contributed by atoms with Crippen molar-refractivity contribution in [3.05, 3.63) is 0 Å². The largest absolute Gasteiger partial charge is 0.564 e. The van der Waals surface area contributed by atoms with Gasteiger partial charge in [-0.1, -0.05) is 0 Å². The van der Waals surface area contributed by atoms with Crippen LogP contribution in [-0.4, -0.2) is 10.3 Å². The van der Waals surface area contributed by atoms with Gasteiger partial charge in [-0.05, 0) is 10.7 Å². The molecule has 0 heterocycles. The standard InChI is InChI=1S/C2H5NO6P3/c1-2-3(10(4)5,11(6)7)12(8)9/h2H2,1H3/q+1. The molecule has 0 aromatic carbocycles. The Morgan fingerprint density at radius 3 is 1.08 bits per heavy atom. The molecule has 0 aliphatic heterocycles. The van der Waals surface area contributed by atoms with Crippen LogP contribution in [0.15, 0.2) is 0 Å². The Balaban J connectivity index is 5.68. The maximum atomic E-state index is 10.4. The summed E-state index contributed by atoms with van der Waals surface area (Å²) < 4.78 is 60.4. The van der Waals surface area contributed by atoms with Crippen molar-refractivity contribution in [2.24, 2.45) is 0 Å². The number of quaternary nitrogens is 1. The second-order valence-corrected chi connectivity index (χ2v) is 6.14. The molecule has 0 aromatic heterocycles. The van der Waals surface area contributed by atoms with Crippen molar-refractivity contribution in [1.29, 1.82) is 0 Å². The average Bonchev–Trinajstić information content (AvgIpc) is 1.86. The van der Waals surface area contributed by atoms with E-state index < -0.39 is 33.8 Å². The minimum Gasteiger partial charge on any atom is -0.175 e. The molecule has 7 nitrogen and oxygen atoms in total. The fraction of sp³-hybridized carbons (Fsp3) is 1.00. The molecule has 0 rings (SSSR count). The van der Waals surface area contributed by atoms with Crippen molar-refractivity contribution >= 4 is 23.5 Å². The summed E-state index contributed by atoms with van der Waals surface area (Å²) in [4.78, 5) is 0. The van der Waals surface area contributed by atoms with Crippen molar-refractivity contribution < 1.29 is 31.2 Å². The summed E-state index contributed by atoms with van der Waals surface area (Å²) in [6.45, 7) is 0.609. The van der Waals surface area contributed by atoms with Crippen LogP contribution in [0, 0.1) is 0 Å². The first kappa shape index (κ1) is 11.7. The van der Waals surface area contributed by atoms with E-state index in [0.29, 0.717) is 0 Å². The lowest BCUT2D eigenvalue weighted by atomic mass is 10.8. The summed E-state index contributed by atoms with van der Waals surface area (Å²) in [6, 6.07) is 0. The molecule has 0 N–H and O–H groups in total. The first-order chi connectivity index (χ1) is 5.39. The third-order valence-electron chi connectivity index (χ3n) is 1.21. The second kappa shape index (κ2) is 4.06. The Morgan fingerprint density at radius 1 is 0.833 bits per heavy atom. The van der Waals surface area contributed by atoms with Crippen LogP contribution in [0.4, 0.5) is 0 Å². The van der Waals surface area contributed by atoms with E-state index in [4.69, 9.17) is 0 Å². The molecule has 0 fully saturated rings. The lowest BCUT2D eigenvalue weighted by molar-refractivity contribution is -0.530. The maximum Gasteiger partial charge on any atom is 0.564 e. The molecule has 0 atom stereocenters. The highest BCUT2D eigenvalue weighted by molar-refractivity contribution is 7.50. The van der Waals surface area contributed by atoms with Gasteiger partial charge in [-0.15, -0.1) is 0 Å². The van der Waals surface area contributed by atoms with Crippen LogP contribution in [0.2, 0.25) is 0 Å². The van der Waals surface area contributed by atoms with Gasteiger partial charge in [0, 0.05) is 0 Å². The predicted octanol–water partition coefficient (Wildman–Crippen LogP) is 2.09. The Labute approximate surface area is 69.0 Å². The van der Waals surface area contributed by atoms with Crippen molar-refractivity contribution in [3.8, 4) is 0 Å². The average molecular weight is 232 g/mol. The highest BCUT2D eigenvalue weighted by atomic mass is 31.2. The quantitative estimate of drug-likeness (QED) is 0.687. The second-order valence-electron chi connectivity index (χ2n) is 1.72. The Bertz CT molecular complexity index is 295. The van der Waals surface area contributed by atoms with Crippen LogP contribution in [0.1, 0.15) is 6.92 Å². The maximum absolute atomic E-state index is 10.4. The van der Waals surface area contributed by atoms with Crippen molar-refractivity contribution in [1.82, 2.24) is 0 Å². The van der Waals surface area contributed by atoms with Crippen LogP contribution in [0.5, 0.6) is 0 Å². The van der Waals surface area contributed by atoms with E-state index in [-0.39, 0.29) is 0 Å². The van der Waals surface area contributed by atoms with E-state index >= 15 is 0 Å². The Kier molecular flexibility index (Phi) is 3.94. The SMILES string of the molecule is CC[N+](P(=O)=O)(P(=O)=O)P(=O)=O. The molecular weight excluding hydrogens is 227 g/mol. The molecule has 0 unspecified atom stereocenters. The topological polar surface area (TPSA) is 102 Å².